The second kappa shape index (κ2) is 6.15. The predicted molar refractivity (Wildman–Crippen MR) is 92.6 cm³/mol. The number of para-hydroxylation sites is 1. The molecule has 2 heterocycles. The molecule has 2 aromatic rings. The molecule has 1 atom stereocenters. The van der Waals surface area contributed by atoms with E-state index in [-0.39, 0.29) is 11.9 Å². The predicted octanol–water partition coefficient (Wildman–Crippen LogP) is 3.40. The number of benzene rings is 1. The minimum atomic E-state index is -0.391. The molecule has 0 spiro atoms. The summed E-state index contributed by atoms with van der Waals surface area (Å²) in [5.74, 6) is -0.499. The minimum Gasteiger partial charge on any atom is -0.462 e. The Hall–Kier alpha value is -2.56. The average Bonchev–Trinajstić information content (AvgIpc) is 3.02. The molecule has 126 valence electrons. The fourth-order valence-electron chi connectivity index (χ4n) is 3.47. The number of nitrogens with zero attached hydrogens (tertiary/aromatic N) is 1. The molecule has 1 N–H and O–H groups in total. The van der Waals surface area contributed by atoms with E-state index in [1.807, 2.05) is 30.0 Å². The van der Waals surface area contributed by atoms with Crippen LogP contribution < -0.4 is 4.90 Å². The van der Waals surface area contributed by atoms with Gasteiger partial charge >= 0.3 is 5.97 Å². The lowest BCUT2D eigenvalue weighted by Crippen LogP contribution is -2.36. The monoisotopic (exact) mass is 326 g/mol. The summed E-state index contributed by atoms with van der Waals surface area (Å²) in [5.41, 5.74) is 4.34. The van der Waals surface area contributed by atoms with Crippen molar-refractivity contribution in [3.05, 3.63) is 52.3 Å². The van der Waals surface area contributed by atoms with Crippen molar-refractivity contribution in [2.75, 3.05) is 11.5 Å². The van der Waals surface area contributed by atoms with Gasteiger partial charge in [-0.1, -0.05) is 18.2 Å². The van der Waals surface area contributed by atoms with Crippen molar-refractivity contribution < 1.29 is 14.3 Å². The molecule has 0 bridgehead atoms. The topological polar surface area (TPSA) is 62.4 Å². The van der Waals surface area contributed by atoms with Crippen LogP contribution in [0.1, 0.15) is 51.5 Å². The molecular formula is C19H22N2O3. The SMILES string of the molecule is CCOC(=O)c1c(C)[nH]c(C(=O)N2c3ccccc3C[C@@H]2C)c1C. The third kappa shape index (κ3) is 2.50. The normalized spacial score (nSPS) is 16.2. The van der Waals surface area contributed by atoms with Crippen LogP contribution in [0.2, 0.25) is 0 Å². The van der Waals surface area contributed by atoms with Crippen LogP contribution in [0.15, 0.2) is 24.3 Å². The molecule has 0 aliphatic carbocycles. The maximum absolute atomic E-state index is 13.1. The highest BCUT2D eigenvalue weighted by Crippen LogP contribution is 2.34. The summed E-state index contributed by atoms with van der Waals surface area (Å²) >= 11 is 0. The van der Waals surface area contributed by atoms with Gasteiger partial charge in [0.05, 0.1) is 12.2 Å². The molecule has 0 saturated carbocycles. The first-order valence-electron chi connectivity index (χ1n) is 8.23. The second-order valence-electron chi connectivity index (χ2n) is 6.20. The standard InChI is InChI=1S/C19H22N2O3/c1-5-24-19(23)16-12(3)17(20-13(16)4)18(22)21-11(2)10-14-8-6-7-9-15(14)21/h6-9,11,20H,5,10H2,1-4H3/t11-/m0/s1. The van der Waals surface area contributed by atoms with Crippen LogP contribution in [-0.2, 0) is 11.2 Å². The number of aryl methyl sites for hydroxylation is 1. The number of hydrogen-bond acceptors (Lipinski definition) is 3. The van der Waals surface area contributed by atoms with E-state index in [2.05, 4.69) is 11.1 Å². The average molecular weight is 326 g/mol. The van der Waals surface area contributed by atoms with Gasteiger partial charge in [-0.05, 0) is 51.3 Å². The van der Waals surface area contributed by atoms with E-state index in [0.717, 1.165) is 12.1 Å². The number of anilines is 1. The van der Waals surface area contributed by atoms with Crippen LogP contribution in [0.5, 0.6) is 0 Å². The molecule has 1 aromatic carbocycles. The van der Waals surface area contributed by atoms with E-state index < -0.39 is 5.97 Å². The number of amides is 1. The zero-order valence-corrected chi connectivity index (χ0v) is 14.5. The molecule has 1 aliphatic heterocycles. The number of H-pyrrole nitrogens is 1. The summed E-state index contributed by atoms with van der Waals surface area (Å²) < 4.78 is 5.10. The Bertz CT molecular complexity index is 807. The summed E-state index contributed by atoms with van der Waals surface area (Å²) in [6.07, 6.45) is 0.839. The number of nitrogens with one attached hydrogen (secondary N) is 1. The van der Waals surface area contributed by atoms with Gasteiger partial charge in [-0.25, -0.2) is 4.79 Å². The molecule has 24 heavy (non-hydrogen) atoms. The van der Waals surface area contributed by atoms with Crippen LogP contribution in [0, 0.1) is 13.8 Å². The summed E-state index contributed by atoms with van der Waals surface area (Å²) in [4.78, 5) is 30.2. The molecule has 5 heteroatoms. The number of ether oxygens (including phenoxy) is 1. The quantitative estimate of drug-likeness (QED) is 0.879. The molecule has 0 unspecified atom stereocenters. The van der Waals surface area contributed by atoms with Gasteiger partial charge in [-0.3, -0.25) is 4.79 Å². The van der Waals surface area contributed by atoms with Crippen LogP contribution in [0.4, 0.5) is 5.69 Å². The van der Waals surface area contributed by atoms with E-state index in [0.29, 0.717) is 29.1 Å². The van der Waals surface area contributed by atoms with Crippen molar-refractivity contribution >= 4 is 17.6 Å². The Morgan fingerprint density at radius 1 is 1.29 bits per heavy atom. The summed E-state index contributed by atoms with van der Waals surface area (Å²) in [7, 11) is 0. The first kappa shape index (κ1) is 16.3. The van der Waals surface area contributed by atoms with Gasteiger partial charge in [0.1, 0.15) is 5.69 Å². The maximum Gasteiger partial charge on any atom is 0.340 e. The van der Waals surface area contributed by atoms with Crippen LogP contribution in [0.25, 0.3) is 0 Å². The Kier molecular flexibility index (Phi) is 4.18. The molecule has 1 amide bonds. The van der Waals surface area contributed by atoms with E-state index >= 15 is 0 Å². The highest BCUT2D eigenvalue weighted by molar-refractivity contribution is 6.09. The van der Waals surface area contributed by atoms with Gasteiger partial charge in [-0.2, -0.15) is 0 Å². The number of aromatic amines is 1. The third-order valence-corrected chi connectivity index (χ3v) is 4.56. The Morgan fingerprint density at radius 2 is 2.00 bits per heavy atom. The molecule has 1 aliphatic rings. The third-order valence-electron chi connectivity index (χ3n) is 4.56. The number of rotatable bonds is 3. The molecule has 5 nitrogen and oxygen atoms in total. The van der Waals surface area contributed by atoms with Gasteiger partial charge in [0.25, 0.3) is 5.91 Å². The summed E-state index contributed by atoms with van der Waals surface area (Å²) in [6.45, 7) is 7.69. The van der Waals surface area contributed by atoms with Gasteiger partial charge < -0.3 is 14.6 Å². The molecule has 1 aromatic heterocycles. The van der Waals surface area contributed by atoms with E-state index in [1.165, 1.54) is 5.56 Å². The lowest BCUT2D eigenvalue weighted by Gasteiger charge is -2.22. The van der Waals surface area contributed by atoms with Crippen molar-refractivity contribution in [1.82, 2.24) is 4.98 Å². The zero-order chi connectivity index (χ0) is 17.4. The number of esters is 1. The highest BCUT2D eigenvalue weighted by Gasteiger charge is 2.34. The van der Waals surface area contributed by atoms with E-state index in [9.17, 15) is 9.59 Å². The van der Waals surface area contributed by atoms with Crippen LogP contribution >= 0.6 is 0 Å². The molecule has 0 saturated heterocycles. The lowest BCUT2D eigenvalue weighted by atomic mass is 10.1. The maximum atomic E-state index is 13.1. The van der Waals surface area contributed by atoms with Crippen molar-refractivity contribution in [3.63, 3.8) is 0 Å². The first-order chi connectivity index (χ1) is 11.5. The second-order valence-corrected chi connectivity index (χ2v) is 6.20. The van der Waals surface area contributed by atoms with Crippen molar-refractivity contribution in [3.8, 4) is 0 Å². The molecule has 0 radical (unpaired) electrons. The summed E-state index contributed by atoms with van der Waals surface area (Å²) in [6, 6.07) is 8.03. The molecule has 0 fully saturated rings. The number of aromatic nitrogens is 1. The smallest absolute Gasteiger partial charge is 0.340 e. The number of hydrogen-bond donors (Lipinski definition) is 1. The highest BCUT2D eigenvalue weighted by atomic mass is 16.5. The number of carbonyl (C=O) groups is 2. The first-order valence-corrected chi connectivity index (χ1v) is 8.23. The largest absolute Gasteiger partial charge is 0.462 e. The summed E-state index contributed by atoms with van der Waals surface area (Å²) in [5, 5.41) is 0. The number of carbonyl (C=O) groups excluding carboxylic acids is 2. The van der Waals surface area contributed by atoms with Crippen molar-refractivity contribution in [2.24, 2.45) is 0 Å². The molecule has 3 rings (SSSR count). The van der Waals surface area contributed by atoms with Gasteiger partial charge in [0, 0.05) is 17.4 Å². The zero-order valence-electron chi connectivity index (χ0n) is 14.5. The van der Waals surface area contributed by atoms with Gasteiger partial charge in [0.15, 0.2) is 0 Å². The van der Waals surface area contributed by atoms with Crippen molar-refractivity contribution in [1.29, 1.82) is 0 Å². The van der Waals surface area contributed by atoms with E-state index in [4.69, 9.17) is 4.74 Å². The van der Waals surface area contributed by atoms with Crippen molar-refractivity contribution in [2.45, 2.75) is 40.2 Å². The minimum absolute atomic E-state index is 0.0870. The Labute approximate surface area is 141 Å². The van der Waals surface area contributed by atoms with E-state index in [1.54, 1.807) is 20.8 Å². The number of fused-ring (bicyclic) bond motifs is 1. The Balaban J connectivity index is 2.00. The van der Waals surface area contributed by atoms with Crippen LogP contribution in [-0.4, -0.2) is 29.5 Å². The fraction of sp³-hybridized carbons (Fsp3) is 0.368. The van der Waals surface area contributed by atoms with Crippen LogP contribution in [0.3, 0.4) is 0 Å². The van der Waals surface area contributed by atoms with Gasteiger partial charge in [-0.15, -0.1) is 0 Å². The van der Waals surface area contributed by atoms with Gasteiger partial charge in [0.2, 0.25) is 0 Å². The molecular weight excluding hydrogens is 304 g/mol. The lowest BCUT2D eigenvalue weighted by molar-refractivity contribution is 0.0525. The fourth-order valence-corrected chi connectivity index (χ4v) is 3.47. The Morgan fingerprint density at radius 3 is 2.71 bits per heavy atom.